The number of aromatic nitrogens is 1. The molecule has 0 radical (unpaired) electrons. The molecule has 24 heavy (non-hydrogen) atoms. The molecule has 3 rings (SSSR count). The minimum Gasteiger partial charge on any atom is -0.353 e. The Hall–Kier alpha value is -1.86. The zero-order chi connectivity index (χ0) is 16.9. The monoisotopic (exact) mass is 361 g/mol. The zero-order valence-corrected chi connectivity index (χ0v) is 15.0. The highest BCUT2D eigenvalue weighted by atomic mass is 32.2. The van der Waals surface area contributed by atoms with Crippen LogP contribution in [0.25, 0.3) is 11.3 Å². The molecule has 1 aliphatic carbocycles. The van der Waals surface area contributed by atoms with Crippen molar-refractivity contribution in [3.05, 3.63) is 30.3 Å². The van der Waals surface area contributed by atoms with Gasteiger partial charge in [0.25, 0.3) is 0 Å². The molecule has 0 bridgehead atoms. The minimum atomic E-state index is -0.0427. The van der Waals surface area contributed by atoms with Gasteiger partial charge in [0.1, 0.15) is 10.7 Å². The van der Waals surface area contributed by atoms with Crippen LogP contribution in [0.5, 0.6) is 0 Å². The van der Waals surface area contributed by atoms with Crippen LogP contribution in [0.3, 0.4) is 0 Å². The van der Waals surface area contributed by atoms with E-state index in [-0.39, 0.29) is 11.8 Å². The molecule has 0 unspecified atom stereocenters. The van der Waals surface area contributed by atoms with Crippen LogP contribution in [-0.4, -0.2) is 28.6 Å². The summed E-state index contributed by atoms with van der Waals surface area (Å²) >= 11 is 2.82. The zero-order valence-electron chi connectivity index (χ0n) is 13.4. The lowest BCUT2D eigenvalue weighted by molar-refractivity contribution is -0.118. The smallest absolute Gasteiger partial charge is 0.230 e. The Bertz CT molecular complexity index is 727. The largest absolute Gasteiger partial charge is 0.353 e. The van der Waals surface area contributed by atoms with Crippen molar-refractivity contribution in [1.82, 2.24) is 10.3 Å². The number of rotatable bonds is 7. The van der Waals surface area contributed by atoms with Crippen LogP contribution in [-0.2, 0) is 9.59 Å². The molecule has 1 aliphatic rings. The van der Waals surface area contributed by atoms with Gasteiger partial charge in [-0.2, -0.15) is 0 Å². The highest BCUT2D eigenvalue weighted by Crippen LogP contribution is 2.37. The maximum absolute atomic E-state index is 11.8. The Kier molecular flexibility index (Phi) is 5.52. The van der Waals surface area contributed by atoms with Crippen LogP contribution < -0.4 is 10.6 Å². The number of benzene rings is 1. The lowest BCUT2D eigenvalue weighted by Crippen LogP contribution is -2.26. The summed E-state index contributed by atoms with van der Waals surface area (Å²) in [6.07, 6.45) is 2.58. The number of nitrogens with zero attached hydrogens (tertiary/aromatic N) is 1. The lowest BCUT2D eigenvalue weighted by Gasteiger charge is -2.03. The molecule has 1 fully saturated rings. The van der Waals surface area contributed by atoms with E-state index in [1.54, 1.807) is 0 Å². The molecule has 0 saturated heterocycles. The van der Waals surface area contributed by atoms with E-state index in [9.17, 15) is 9.59 Å². The normalized spacial score (nSPS) is 13.5. The van der Waals surface area contributed by atoms with Gasteiger partial charge in [-0.25, -0.2) is 4.98 Å². The average Bonchev–Trinajstić information content (AvgIpc) is 3.32. The minimum absolute atomic E-state index is 0.0399. The number of hydrogen-bond acceptors (Lipinski definition) is 5. The summed E-state index contributed by atoms with van der Waals surface area (Å²) in [6, 6.07) is 10.1. The van der Waals surface area contributed by atoms with Gasteiger partial charge in [0, 0.05) is 18.0 Å². The molecule has 2 aromatic rings. The highest BCUT2D eigenvalue weighted by Gasteiger charge is 2.23. The van der Waals surface area contributed by atoms with Crippen molar-refractivity contribution in [2.45, 2.75) is 36.6 Å². The lowest BCUT2D eigenvalue weighted by atomic mass is 10.2. The Morgan fingerprint density at radius 3 is 2.67 bits per heavy atom. The predicted molar refractivity (Wildman–Crippen MR) is 98.4 cm³/mol. The molecule has 7 heteroatoms. The van der Waals surface area contributed by atoms with E-state index >= 15 is 0 Å². The van der Waals surface area contributed by atoms with Crippen molar-refractivity contribution in [2.75, 3.05) is 11.1 Å². The number of thioether (sulfide) groups is 1. The van der Waals surface area contributed by atoms with E-state index in [1.165, 1.54) is 23.1 Å². The van der Waals surface area contributed by atoms with Gasteiger partial charge >= 0.3 is 0 Å². The standard InChI is InChI=1S/C17H19N3O2S2/c1-2-13(21)19-16-15(11-6-4-3-5-7-11)20-17(24-16)23-10-14(22)18-12-8-9-12/h3-7,12H,2,8-10H2,1H3,(H,18,22)(H,19,21). The van der Waals surface area contributed by atoms with Gasteiger partial charge in [0.05, 0.1) is 5.75 Å². The highest BCUT2D eigenvalue weighted by molar-refractivity contribution is 8.01. The fourth-order valence-corrected chi connectivity index (χ4v) is 3.97. The Labute approximate surface area is 149 Å². The van der Waals surface area contributed by atoms with Gasteiger partial charge in [-0.05, 0) is 12.8 Å². The van der Waals surface area contributed by atoms with Crippen molar-refractivity contribution < 1.29 is 9.59 Å². The van der Waals surface area contributed by atoms with Crippen LogP contribution >= 0.6 is 23.1 Å². The summed E-state index contributed by atoms with van der Waals surface area (Å²) in [4.78, 5) is 28.2. The first-order chi connectivity index (χ1) is 11.7. The SMILES string of the molecule is CCC(=O)Nc1sc(SCC(=O)NC2CC2)nc1-c1ccccc1. The van der Waals surface area contributed by atoms with Crippen molar-refractivity contribution in [2.24, 2.45) is 0 Å². The number of amides is 2. The van der Waals surface area contributed by atoms with Gasteiger partial charge in [-0.15, -0.1) is 0 Å². The summed E-state index contributed by atoms with van der Waals surface area (Å²) in [5, 5.41) is 6.61. The number of thiazole rings is 1. The second-order valence-corrected chi connectivity index (χ2v) is 7.78. The fraction of sp³-hybridized carbons (Fsp3) is 0.353. The van der Waals surface area contributed by atoms with E-state index in [2.05, 4.69) is 15.6 Å². The van der Waals surface area contributed by atoms with E-state index in [4.69, 9.17) is 0 Å². The molecule has 2 N–H and O–H groups in total. The Morgan fingerprint density at radius 2 is 2.00 bits per heavy atom. The van der Waals surface area contributed by atoms with Gasteiger partial charge < -0.3 is 10.6 Å². The number of hydrogen-bond donors (Lipinski definition) is 2. The molecule has 2 amide bonds. The third kappa shape index (κ3) is 4.58. The number of carbonyl (C=O) groups is 2. The van der Waals surface area contributed by atoms with Crippen LogP contribution in [0.2, 0.25) is 0 Å². The van der Waals surface area contributed by atoms with Crippen molar-refractivity contribution >= 4 is 39.9 Å². The van der Waals surface area contributed by atoms with Gasteiger partial charge in [0.15, 0.2) is 4.34 Å². The number of nitrogens with one attached hydrogen (secondary N) is 2. The van der Waals surface area contributed by atoms with Crippen LogP contribution in [0, 0.1) is 0 Å². The summed E-state index contributed by atoms with van der Waals surface area (Å²) in [5.41, 5.74) is 1.71. The van der Waals surface area contributed by atoms with Crippen LogP contribution in [0.1, 0.15) is 26.2 Å². The molecule has 0 spiro atoms. The maximum Gasteiger partial charge on any atom is 0.230 e. The average molecular weight is 361 g/mol. The van der Waals surface area contributed by atoms with Crippen LogP contribution in [0.4, 0.5) is 5.00 Å². The van der Waals surface area contributed by atoms with Gasteiger partial charge in [-0.1, -0.05) is 60.4 Å². The topological polar surface area (TPSA) is 71.1 Å². The van der Waals surface area contributed by atoms with Crippen molar-refractivity contribution in [1.29, 1.82) is 0 Å². The van der Waals surface area contributed by atoms with E-state index in [1.807, 2.05) is 37.3 Å². The van der Waals surface area contributed by atoms with E-state index < -0.39 is 0 Å². The molecular weight excluding hydrogens is 342 g/mol. The van der Waals surface area contributed by atoms with E-state index in [0.29, 0.717) is 18.2 Å². The predicted octanol–water partition coefficient (Wildman–Crippen LogP) is 3.53. The summed E-state index contributed by atoms with van der Waals surface area (Å²) in [7, 11) is 0. The van der Waals surface area contributed by atoms with Crippen molar-refractivity contribution in [3.8, 4) is 11.3 Å². The third-order valence-corrected chi connectivity index (χ3v) is 5.61. The molecule has 1 saturated carbocycles. The number of anilines is 1. The van der Waals surface area contributed by atoms with Gasteiger partial charge in [0.2, 0.25) is 11.8 Å². The molecular formula is C17H19N3O2S2. The third-order valence-electron chi connectivity index (χ3n) is 3.50. The van der Waals surface area contributed by atoms with Crippen LogP contribution in [0.15, 0.2) is 34.7 Å². The summed E-state index contributed by atoms with van der Waals surface area (Å²) < 4.78 is 0.784. The molecule has 1 heterocycles. The fourth-order valence-electron chi connectivity index (χ4n) is 2.08. The molecule has 5 nitrogen and oxygen atoms in total. The quantitative estimate of drug-likeness (QED) is 0.740. The Balaban J connectivity index is 1.74. The first-order valence-electron chi connectivity index (χ1n) is 7.94. The first-order valence-corrected chi connectivity index (χ1v) is 9.74. The molecule has 0 atom stereocenters. The second-order valence-electron chi connectivity index (χ2n) is 5.56. The first kappa shape index (κ1) is 17.0. The van der Waals surface area contributed by atoms with Gasteiger partial charge in [-0.3, -0.25) is 9.59 Å². The Morgan fingerprint density at radius 1 is 1.25 bits per heavy atom. The van der Waals surface area contributed by atoms with E-state index in [0.717, 1.165) is 33.4 Å². The maximum atomic E-state index is 11.8. The second kappa shape index (κ2) is 7.81. The number of carbonyl (C=O) groups excluding carboxylic acids is 2. The molecule has 0 aliphatic heterocycles. The molecule has 126 valence electrons. The summed E-state index contributed by atoms with van der Waals surface area (Å²) in [5.74, 6) is 0.344. The molecule has 1 aromatic heterocycles. The van der Waals surface area contributed by atoms with Crippen molar-refractivity contribution in [3.63, 3.8) is 0 Å². The summed E-state index contributed by atoms with van der Waals surface area (Å²) in [6.45, 7) is 1.82. The molecule has 1 aromatic carbocycles.